The maximum absolute atomic E-state index is 13.4. The number of thiocarbonyl (C=S) groups is 1. The van der Waals surface area contributed by atoms with Crippen LogP contribution in [0.4, 0.5) is 5.82 Å². The summed E-state index contributed by atoms with van der Waals surface area (Å²) in [7, 11) is 0. The first-order valence-electron chi connectivity index (χ1n) is 13.1. The molecule has 0 spiro atoms. The van der Waals surface area contributed by atoms with Crippen LogP contribution in [0.1, 0.15) is 76.0 Å². The highest BCUT2D eigenvalue weighted by Crippen LogP contribution is 2.37. The molecule has 0 N–H and O–H groups in total. The quantitative estimate of drug-likeness (QED) is 0.239. The number of amides is 1. The van der Waals surface area contributed by atoms with Crippen molar-refractivity contribution in [2.45, 2.75) is 72.8 Å². The number of hydrogen-bond donors (Lipinski definition) is 0. The van der Waals surface area contributed by atoms with E-state index in [-0.39, 0.29) is 28.9 Å². The van der Waals surface area contributed by atoms with E-state index >= 15 is 0 Å². The van der Waals surface area contributed by atoms with Gasteiger partial charge < -0.3 is 9.64 Å². The van der Waals surface area contributed by atoms with Crippen LogP contribution in [0, 0.1) is 24.2 Å². The van der Waals surface area contributed by atoms with Crippen molar-refractivity contribution in [1.29, 1.82) is 5.26 Å². The third-order valence-corrected chi connectivity index (χ3v) is 8.26. The van der Waals surface area contributed by atoms with Gasteiger partial charge in [-0.1, -0.05) is 50.7 Å². The van der Waals surface area contributed by atoms with Crippen LogP contribution in [-0.4, -0.2) is 51.9 Å². The Morgan fingerprint density at radius 1 is 1.16 bits per heavy atom. The Hall–Kier alpha value is -2.64. The van der Waals surface area contributed by atoms with Gasteiger partial charge in [-0.3, -0.25) is 23.9 Å². The zero-order chi connectivity index (χ0) is 27.1. The van der Waals surface area contributed by atoms with Gasteiger partial charge in [0.1, 0.15) is 21.8 Å². The van der Waals surface area contributed by atoms with Crippen molar-refractivity contribution in [3.63, 3.8) is 0 Å². The fraction of sp³-hybridized carbons (Fsp3) is 0.593. The molecule has 0 bridgehead atoms. The first kappa shape index (κ1) is 28.9. The molecule has 1 aromatic rings. The molecule has 200 valence electrons. The van der Waals surface area contributed by atoms with Crippen LogP contribution in [0.3, 0.4) is 0 Å². The van der Waals surface area contributed by atoms with Crippen molar-refractivity contribution in [1.82, 2.24) is 9.47 Å². The van der Waals surface area contributed by atoms with Crippen LogP contribution in [0.2, 0.25) is 0 Å². The van der Waals surface area contributed by atoms with Crippen LogP contribution in [0.25, 0.3) is 6.08 Å². The molecule has 2 saturated heterocycles. The van der Waals surface area contributed by atoms with Gasteiger partial charge in [0.25, 0.3) is 11.5 Å². The molecule has 37 heavy (non-hydrogen) atoms. The Morgan fingerprint density at radius 2 is 1.81 bits per heavy atom. The number of esters is 1. The number of thioether (sulfide) groups is 1. The van der Waals surface area contributed by atoms with Gasteiger partial charge in [-0.05, 0) is 51.2 Å². The van der Waals surface area contributed by atoms with Gasteiger partial charge in [0.05, 0.1) is 17.4 Å². The Bertz CT molecular complexity index is 1180. The number of anilines is 1. The third-order valence-electron chi connectivity index (χ3n) is 6.88. The van der Waals surface area contributed by atoms with Crippen LogP contribution in [0.5, 0.6) is 0 Å². The van der Waals surface area contributed by atoms with Crippen LogP contribution >= 0.6 is 24.0 Å². The highest BCUT2D eigenvalue weighted by atomic mass is 32.2. The molecule has 0 radical (unpaired) electrons. The molecule has 1 aromatic heterocycles. The number of pyridine rings is 1. The number of hydrogen-bond acceptors (Lipinski definition) is 8. The summed E-state index contributed by atoms with van der Waals surface area (Å²) in [5, 5.41) is 9.87. The Balaban J connectivity index is 2.11. The van der Waals surface area contributed by atoms with Gasteiger partial charge in [-0.2, -0.15) is 5.26 Å². The number of nitrogens with zero attached hydrogens (tertiary/aromatic N) is 4. The van der Waals surface area contributed by atoms with Gasteiger partial charge in [-0.25, -0.2) is 0 Å². The highest BCUT2D eigenvalue weighted by molar-refractivity contribution is 8.26. The van der Waals surface area contributed by atoms with E-state index in [1.807, 2.05) is 0 Å². The summed E-state index contributed by atoms with van der Waals surface area (Å²) in [5.41, 5.74) is 1.03. The van der Waals surface area contributed by atoms with Gasteiger partial charge in [-0.15, -0.1) is 0 Å². The molecule has 2 aliphatic rings. The summed E-state index contributed by atoms with van der Waals surface area (Å²) < 4.78 is 7.44. The molecular formula is C27H36N4O4S2. The zero-order valence-electron chi connectivity index (χ0n) is 22.2. The highest BCUT2D eigenvalue weighted by Gasteiger charge is 2.34. The second-order valence-electron chi connectivity index (χ2n) is 9.36. The van der Waals surface area contributed by atoms with Gasteiger partial charge in [0.15, 0.2) is 0 Å². The Kier molecular flexibility index (Phi) is 10.4. The summed E-state index contributed by atoms with van der Waals surface area (Å²) in [6.45, 7) is 10.2. The van der Waals surface area contributed by atoms with E-state index in [0.717, 1.165) is 25.7 Å². The maximum Gasteiger partial charge on any atom is 0.309 e. The molecule has 10 heteroatoms. The van der Waals surface area contributed by atoms with Gasteiger partial charge >= 0.3 is 5.97 Å². The number of piperidine rings is 1. The number of carbonyl (C=O) groups excluding carboxylic acids is 2. The molecule has 2 fully saturated rings. The molecule has 0 unspecified atom stereocenters. The lowest BCUT2D eigenvalue weighted by Crippen LogP contribution is -2.41. The summed E-state index contributed by atoms with van der Waals surface area (Å²) in [6, 6.07) is 2.10. The van der Waals surface area contributed by atoms with Crippen LogP contribution in [0.15, 0.2) is 9.70 Å². The Morgan fingerprint density at radius 3 is 2.41 bits per heavy atom. The fourth-order valence-electron chi connectivity index (χ4n) is 4.74. The van der Waals surface area contributed by atoms with E-state index in [9.17, 15) is 19.6 Å². The summed E-state index contributed by atoms with van der Waals surface area (Å²) in [6.07, 6.45) is 6.50. The zero-order valence-corrected chi connectivity index (χ0v) is 23.8. The van der Waals surface area contributed by atoms with Crippen molar-refractivity contribution in [2.75, 3.05) is 31.1 Å². The minimum Gasteiger partial charge on any atom is -0.466 e. The number of rotatable bonds is 10. The summed E-state index contributed by atoms with van der Waals surface area (Å²) in [4.78, 5) is 43.2. The van der Waals surface area contributed by atoms with Gasteiger partial charge in [0, 0.05) is 31.7 Å². The number of unbranched alkanes of at least 4 members (excludes halogenated alkanes) is 2. The SMILES string of the molecule is CCCCN1C(=O)/C(=C/c2c(C)c(C#N)c(=O)n(CCCC)c2N2CCC(C(=O)OCC)CC2)SC1=S. The molecule has 8 nitrogen and oxygen atoms in total. The third kappa shape index (κ3) is 6.27. The molecule has 2 aliphatic heterocycles. The van der Waals surface area contributed by atoms with Crippen LogP contribution < -0.4 is 10.5 Å². The van der Waals surface area contributed by atoms with E-state index in [4.69, 9.17) is 17.0 Å². The average molecular weight is 545 g/mol. The summed E-state index contributed by atoms with van der Waals surface area (Å²) in [5.74, 6) is 0.206. The number of aromatic nitrogens is 1. The largest absolute Gasteiger partial charge is 0.466 e. The smallest absolute Gasteiger partial charge is 0.309 e. The predicted octanol–water partition coefficient (Wildman–Crippen LogP) is 4.61. The molecule has 3 heterocycles. The van der Waals surface area contributed by atoms with E-state index in [0.29, 0.717) is 71.8 Å². The van der Waals surface area contributed by atoms with E-state index in [2.05, 4.69) is 24.8 Å². The average Bonchev–Trinajstić information content (AvgIpc) is 3.15. The maximum atomic E-state index is 13.4. The van der Waals surface area contributed by atoms with Crippen molar-refractivity contribution in [3.8, 4) is 6.07 Å². The molecule has 1 amide bonds. The molecule has 0 atom stereocenters. The lowest BCUT2D eigenvalue weighted by Gasteiger charge is -2.35. The molecular weight excluding hydrogens is 508 g/mol. The van der Waals surface area contributed by atoms with E-state index in [1.165, 1.54) is 11.8 Å². The number of nitriles is 1. The van der Waals surface area contributed by atoms with Crippen LogP contribution in [-0.2, 0) is 20.9 Å². The molecule has 0 saturated carbocycles. The monoisotopic (exact) mass is 544 g/mol. The lowest BCUT2D eigenvalue weighted by molar-refractivity contribution is -0.148. The molecule has 0 aliphatic carbocycles. The van der Waals surface area contributed by atoms with E-state index < -0.39 is 0 Å². The van der Waals surface area contributed by atoms with Crippen molar-refractivity contribution < 1.29 is 14.3 Å². The molecule has 3 rings (SSSR count). The minimum atomic E-state index is -0.316. The predicted molar refractivity (Wildman–Crippen MR) is 151 cm³/mol. The topological polar surface area (TPSA) is 95.6 Å². The van der Waals surface area contributed by atoms with Crippen molar-refractivity contribution in [3.05, 3.63) is 31.9 Å². The second kappa shape index (κ2) is 13.2. The number of carbonyl (C=O) groups is 2. The minimum absolute atomic E-state index is 0.0916. The normalized spacial score (nSPS) is 17.5. The standard InChI is InChI=1S/C27H36N4O4S2/c1-5-8-12-30-23(29-14-10-19(11-15-29)26(34)35-7-3)20(18(4)21(17-28)24(30)32)16-22-25(33)31(13-9-6-2)27(36)37-22/h16,19H,5-15H2,1-4H3/b22-16-. The van der Waals surface area contributed by atoms with Crippen molar-refractivity contribution >= 4 is 52.1 Å². The number of ether oxygens (including phenoxy) is 1. The molecule has 0 aromatic carbocycles. The second-order valence-corrected chi connectivity index (χ2v) is 11.0. The van der Waals surface area contributed by atoms with Gasteiger partial charge in [0.2, 0.25) is 0 Å². The Labute approximate surface area is 228 Å². The summed E-state index contributed by atoms with van der Waals surface area (Å²) >= 11 is 6.75. The lowest BCUT2D eigenvalue weighted by atomic mass is 9.95. The first-order valence-corrected chi connectivity index (χ1v) is 14.4. The van der Waals surface area contributed by atoms with Crippen molar-refractivity contribution in [2.24, 2.45) is 5.92 Å². The van der Waals surface area contributed by atoms with E-state index in [1.54, 1.807) is 29.4 Å². The first-order chi connectivity index (χ1) is 17.8. The fourth-order valence-corrected chi connectivity index (χ4v) is 6.03.